The number of rotatable bonds is 3. The molecule has 0 spiro atoms. The van der Waals surface area contributed by atoms with Crippen LogP contribution in [0.3, 0.4) is 0 Å². The molecule has 1 aromatic heterocycles. The maximum absolute atomic E-state index is 11.0. The van der Waals surface area contributed by atoms with Crippen molar-refractivity contribution < 1.29 is 13.9 Å². The average Bonchev–Trinajstić information content (AvgIpc) is 2.68. The quantitative estimate of drug-likeness (QED) is 0.713. The van der Waals surface area contributed by atoms with Gasteiger partial charge < -0.3 is 9.15 Å². The molecule has 1 fully saturated rings. The van der Waals surface area contributed by atoms with Crippen molar-refractivity contribution in [3.8, 4) is 0 Å². The Hall–Kier alpha value is -1.16. The van der Waals surface area contributed by atoms with E-state index in [9.17, 15) is 4.79 Å². The van der Waals surface area contributed by atoms with Crippen LogP contribution in [0, 0.1) is 5.92 Å². The van der Waals surface area contributed by atoms with Crippen molar-refractivity contribution in [1.29, 1.82) is 0 Å². The Morgan fingerprint density at radius 1 is 1.53 bits per heavy atom. The molecule has 1 aliphatic rings. The number of ether oxygens (including phenoxy) is 1. The molecule has 1 saturated heterocycles. The fraction of sp³-hybridized carbons (Fsp3) is 0.636. The monoisotopic (exact) mass is 209 g/mol. The van der Waals surface area contributed by atoms with Crippen molar-refractivity contribution in [2.75, 3.05) is 13.2 Å². The third kappa shape index (κ3) is 2.65. The van der Waals surface area contributed by atoms with Crippen LogP contribution in [0.5, 0.6) is 0 Å². The number of ketones is 1. The number of carbonyl (C=O) groups is 1. The van der Waals surface area contributed by atoms with Gasteiger partial charge in [-0.25, -0.2) is 4.98 Å². The zero-order valence-corrected chi connectivity index (χ0v) is 8.86. The maximum Gasteiger partial charge on any atom is 0.196 e. The second-order valence-corrected chi connectivity index (χ2v) is 3.93. The standard InChI is InChI=1S/C11H15NO3/c1-8(13)10-7-12-11(15-10)6-9-2-4-14-5-3-9/h7,9H,2-6H2,1H3. The Kier molecular flexibility index (Phi) is 3.16. The summed E-state index contributed by atoms with van der Waals surface area (Å²) < 4.78 is 10.6. The van der Waals surface area contributed by atoms with Gasteiger partial charge >= 0.3 is 0 Å². The number of Topliss-reactive ketones (excluding diaryl/α,β-unsaturated/α-hetero) is 1. The van der Waals surface area contributed by atoms with Gasteiger partial charge in [-0.3, -0.25) is 4.79 Å². The Morgan fingerprint density at radius 2 is 2.27 bits per heavy atom. The Labute approximate surface area is 88.6 Å². The molecule has 0 N–H and O–H groups in total. The van der Waals surface area contributed by atoms with E-state index < -0.39 is 0 Å². The largest absolute Gasteiger partial charge is 0.438 e. The van der Waals surface area contributed by atoms with E-state index in [1.165, 1.54) is 13.1 Å². The summed E-state index contributed by atoms with van der Waals surface area (Å²) >= 11 is 0. The highest BCUT2D eigenvalue weighted by atomic mass is 16.5. The minimum Gasteiger partial charge on any atom is -0.438 e. The molecular formula is C11H15NO3. The van der Waals surface area contributed by atoms with Crippen molar-refractivity contribution >= 4 is 5.78 Å². The summed E-state index contributed by atoms with van der Waals surface area (Å²) in [6.45, 7) is 3.13. The molecule has 0 atom stereocenters. The number of nitrogens with zero attached hydrogens (tertiary/aromatic N) is 1. The topological polar surface area (TPSA) is 52.3 Å². The number of carbonyl (C=O) groups excluding carboxylic acids is 1. The Morgan fingerprint density at radius 3 is 2.87 bits per heavy atom. The van der Waals surface area contributed by atoms with Crippen LogP contribution < -0.4 is 0 Å². The summed E-state index contributed by atoms with van der Waals surface area (Å²) in [4.78, 5) is 15.1. The third-order valence-corrected chi connectivity index (χ3v) is 2.70. The minimum atomic E-state index is -0.0688. The molecule has 0 bridgehead atoms. The fourth-order valence-electron chi connectivity index (χ4n) is 1.76. The number of hydrogen-bond donors (Lipinski definition) is 0. The first-order chi connectivity index (χ1) is 7.25. The molecule has 2 rings (SSSR count). The second-order valence-electron chi connectivity index (χ2n) is 3.93. The van der Waals surface area contributed by atoms with Crippen molar-refractivity contribution in [3.05, 3.63) is 17.8 Å². The van der Waals surface area contributed by atoms with Crippen LogP contribution in [0.15, 0.2) is 10.6 Å². The van der Waals surface area contributed by atoms with E-state index in [0.29, 0.717) is 17.6 Å². The Bertz CT molecular complexity index is 339. The predicted molar refractivity (Wildman–Crippen MR) is 53.8 cm³/mol. The summed E-state index contributed by atoms with van der Waals surface area (Å²) in [6.07, 6.45) is 4.43. The van der Waals surface area contributed by atoms with Gasteiger partial charge in [0.2, 0.25) is 0 Å². The van der Waals surface area contributed by atoms with Gasteiger partial charge in [0.05, 0.1) is 6.20 Å². The maximum atomic E-state index is 11.0. The lowest BCUT2D eigenvalue weighted by Crippen LogP contribution is -2.17. The van der Waals surface area contributed by atoms with Gasteiger partial charge in [0.25, 0.3) is 0 Å². The lowest BCUT2D eigenvalue weighted by atomic mass is 9.97. The Balaban J connectivity index is 1.94. The molecule has 82 valence electrons. The van der Waals surface area contributed by atoms with Crippen LogP contribution in [0.1, 0.15) is 36.2 Å². The lowest BCUT2D eigenvalue weighted by Gasteiger charge is -2.20. The van der Waals surface area contributed by atoms with Gasteiger partial charge in [-0.2, -0.15) is 0 Å². The van der Waals surface area contributed by atoms with Gasteiger partial charge in [0.1, 0.15) is 0 Å². The second kappa shape index (κ2) is 4.57. The van der Waals surface area contributed by atoms with Crippen molar-refractivity contribution in [1.82, 2.24) is 4.98 Å². The molecule has 1 aromatic rings. The van der Waals surface area contributed by atoms with E-state index in [0.717, 1.165) is 32.5 Å². The molecule has 4 nitrogen and oxygen atoms in total. The van der Waals surface area contributed by atoms with Crippen molar-refractivity contribution in [2.45, 2.75) is 26.2 Å². The van der Waals surface area contributed by atoms with E-state index >= 15 is 0 Å². The summed E-state index contributed by atoms with van der Waals surface area (Å²) in [7, 11) is 0. The molecule has 4 heteroatoms. The average molecular weight is 209 g/mol. The van der Waals surface area contributed by atoms with E-state index in [4.69, 9.17) is 9.15 Å². The lowest BCUT2D eigenvalue weighted by molar-refractivity contribution is 0.0645. The minimum absolute atomic E-state index is 0.0688. The van der Waals surface area contributed by atoms with Crippen LogP contribution in [-0.2, 0) is 11.2 Å². The first kappa shape index (κ1) is 10.4. The fourth-order valence-corrected chi connectivity index (χ4v) is 1.76. The molecule has 0 radical (unpaired) electrons. The normalized spacial score (nSPS) is 17.9. The highest BCUT2D eigenvalue weighted by Gasteiger charge is 2.17. The molecule has 15 heavy (non-hydrogen) atoms. The van der Waals surface area contributed by atoms with Crippen LogP contribution in [0.25, 0.3) is 0 Å². The van der Waals surface area contributed by atoms with Crippen LogP contribution in [0.4, 0.5) is 0 Å². The molecule has 0 saturated carbocycles. The highest BCUT2D eigenvalue weighted by Crippen LogP contribution is 2.19. The molecule has 0 amide bonds. The SMILES string of the molecule is CC(=O)c1cnc(CC2CCOCC2)o1. The van der Waals surface area contributed by atoms with Crippen LogP contribution in [0.2, 0.25) is 0 Å². The molecule has 1 aliphatic heterocycles. The number of aromatic nitrogens is 1. The van der Waals surface area contributed by atoms with E-state index in [-0.39, 0.29) is 5.78 Å². The third-order valence-electron chi connectivity index (χ3n) is 2.70. The first-order valence-electron chi connectivity index (χ1n) is 5.29. The van der Waals surface area contributed by atoms with Gasteiger partial charge in [0.15, 0.2) is 17.4 Å². The molecule has 0 aromatic carbocycles. The van der Waals surface area contributed by atoms with Gasteiger partial charge in [-0.1, -0.05) is 0 Å². The molecular weight excluding hydrogens is 194 g/mol. The van der Waals surface area contributed by atoms with Gasteiger partial charge in [-0.15, -0.1) is 0 Å². The molecule has 2 heterocycles. The zero-order chi connectivity index (χ0) is 10.7. The van der Waals surface area contributed by atoms with Crippen LogP contribution in [-0.4, -0.2) is 24.0 Å². The van der Waals surface area contributed by atoms with Crippen molar-refractivity contribution in [3.63, 3.8) is 0 Å². The van der Waals surface area contributed by atoms with Crippen molar-refractivity contribution in [2.24, 2.45) is 5.92 Å². The van der Waals surface area contributed by atoms with E-state index in [2.05, 4.69) is 4.98 Å². The van der Waals surface area contributed by atoms with E-state index in [1.54, 1.807) is 0 Å². The summed E-state index contributed by atoms with van der Waals surface area (Å²) in [5, 5.41) is 0. The highest BCUT2D eigenvalue weighted by molar-refractivity contribution is 5.90. The number of hydrogen-bond acceptors (Lipinski definition) is 4. The van der Waals surface area contributed by atoms with Crippen LogP contribution >= 0.6 is 0 Å². The first-order valence-corrected chi connectivity index (χ1v) is 5.29. The summed E-state index contributed by atoms with van der Waals surface area (Å²) in [5.41, 5.74) is 0. The predicted octanol–water partition coefficient (Wildman–Crippen LogP) is 1.85. The van der Waals surface area contributed by atoms with Gasteiger partial charge in [-0.05, 0) is 18.8 Å². The number of oxazole rings is 1. The molecule has 0 unspecified atom stereocenters. The smallest absolute Gasteiger partial charge is 0.196 e. The van der Waals surface area contributed by atoms with Gasteiger partial charge in [0, 0.05) is 26.6 Å². The summed E-state index contributed by atoms with van der Waals surface area (Å²) in [5.74, 6) is 1.54. The van der Waals surface area contributed by atoms with E-state index in [1.807, 2.05) is 0 Å². The summed E-state index contributed by atoms with van der Waals surface area (Å²) in [6, 6.07) is 0. The zero-order valence-electron chi connectivity index (χ0n) is 8.86. The molecule has 0 aliphatic carbocycles.